The molecule has 2 rings (SSSR count). The van der Waals surface area contributed by atoms with Crippen molar-refractivity contribution in [1.29, 1.82) is 0 Å². The van der Waals surface area contributed by atoms with Crippen molar-refractivity contribution in [3.63, 3.8) is 0 Å². The smallest absolute Gasteiger partial charge is 0.319 e. The van der Waals surface area contributed by atoms with Crippen molar-refractivity contribution in [3.05, 3.63) is 36.9 Å². The van der Waals surface area contributed by atoms with Crippen LogP contribution in [0.1, 0.15) is 12.8 Å². The number of amides is 3. The van der Waals surface area contributed by atoms with Gasteiger partial charge in [0, 0.05) is 25.0 Å². The van der Waals surface area contributed by atoms with E-state index in [1.807, 2.05) is 0 Å². The number of anilines is 2. The maximum Gasteiger partial charge on any atom is 0.319 e. The van der Waals surface area contributed by atoms with Crippen LogP contribution in [0, 0.1) is 5.41 Å². The zero-order valence-electron chi connectivity index (χ0n) is 15.0. The lowest BCUT2D eigenvalue weighted by Crippen LogP contribution is -2.47. The van der Waals surface area contributed by atoms with Crippen molar-refractivity contribution in [3.8, 4) is 0 Å². The largest absolute Gasteiger partial charge is 0.384 e. The first-order chi connectivity index (χ1) is 12.1. The summed E-state index contributed by atoms with van der Waals surface area (Å²) in [6.45, 7) is 5.96. The number of benzene rings is 1. The molecule has 0 unspecified atom stereocenters. The number of carbonyl (C=O) groups excluding carboxylic acids is 2. The first-order valence-electron chi connectivity index (χ1n) is 8.36. The van der Waals surface area contributed by atoms with E-state index in [1.54, 1.807) is 37.5 Å². The van der Waals surface area contributed by atoms with Crippen LogP contribution in [0.2, 0.25) is 0 Å². The SMILES string of the molecule is C=CCNC(=O)Nc1ccc(NC(=O)C2(COC)CCNCC2)cc1.Cl. The Bertz CT molecular complexity index is 595. The Morgan fingerprint density at radius 3 is 2.31 bits per heavy atom. The highest BCUT2D eigenvalue weighted by atomic mass is 35.5. The van der Waals surface area contributed by atoms with E-state index >= 15 is 0 Å². The first-order valence-corrected chi connectivity index (χ1v) is 8.36. The maximum atomic E-state index is 12.8. The average molecular weight is 383 g/mol. The number of methoxy groups -OCH3 is 1. The number of carbonyl (C=O) groups is 2. The van der Waals surface area contributed by atoms with Crippen LogP contribution in [0.3, 0.4) is 0 Å². The van der Waals surface area contributed by atoms with Gasteiger partial charge in [0.05, 0.1) is 12.0 Å². The molecule has 1 aliphatic rings. The molecule has 144 valence electrons. The van der Waals surface area contributed by atoms with E-state index in [0.29, 0.717) is 24.5 Å². The molecule has 1 fully saturated rings. The third-order valence-corrected chi connectivity index (χ3v) is 4.27. The number of hydrogen-bond acceptors (Lipinski definition) is 4. The van der Waals surface area contributed by atoms with Gasteiger partial charge in [0.15, 0.2) is 0 Å². The molecule has 1 saturated heterocycles. The molecule has 1 aromatic rings. The van der Waals surface area contributed by atoms with E-state index in [4.69, 9.17) is 4.74 Å². The fourth-order valence-corrected chi connectivity index (χ4v) is 2.86. The van der Waals surface area contributed by atoms with Crippen LogP contribution in [0.4, 0.5) is 16.2 Å². The lowest BCUT2D eigenvalue weighted by Gasteiger charge is -2.35. The Morgan fingerprint density at radius 2 is 1.77 bits per heavy atom. The molecule has 1 aromatic carbocycles. The standard InChI is InChI=1S/C18H26N4O3.ClH/c1-3-10-20-17(24)22-15-6-4-14(5-7-15)21-16(23)18(13-25-2)8-11-19-12-9-18;/h3-7,19H,1,8-13H2,2H3,(H,21,23)(H2,20,22,24);1H. The van der Waals surface area contributed by atoms with Crippen LogP contribution in [0.25, 0.3) is 0 Å². The molecular weight excluding hydrogens is 356 g/mol. The summed E-state index contributed by atoms with van der Waals surface area (Å²) in [6, 6.07) is 6.72. The third-order valence-electron chi connectivity index (χ3n) is 4.27. The predicted octanol–water partition coefficient (Wildman–Crippen LogP) is 2.37. The second-order valence-corrected chi connectivity index (χ2v) is 6.12. The molecule has 0 aromatic heterocycles. The van der Waals surface area contributed by atoms with Crippen LogP contribution >= 0.6 is 12.4 Å². The molecule has 26 heavy (non-hydrogen) atoms. The van der Waals surface area contributed by atoms with Gasteiger partial charge in [-0.15, -0.1) is 19.0 Å². The fraction of sp³-hybridized carbons (Fsp3) is 0.444. The van der Waals surface area contributed by atoms with Gasteiger partial charge in [-0.3, -0.25) is 4.79 Å². The van der Waals surface area contributed by atoms with Crippen LogP contribution in [-0.4, -0.2) is 45.3 Å². The topological polar surface area (TPSA) is 91.5 Å². The summed E-state index contributed by atoms with van der Waals surface area (Å²) < 4.78 is 5.29. The molecule has 0 saturated carbocycles. The molecule has 0 radical (unpaired) electrons. The van der Waals surface area contributed by atoms with Crippen molar-refractivity contribution < 1.29 is 14.3 Å². The lowest BCUT2D eigenvalue weighted by atomic mass is 9.78. The number of ether oxygens (including phenoxy) is 1. The highest BCUT2D eigenvalue weighted by Crippen LogP contribution is 2.31. The molecule has 1 heterocycles. The average Bonchev–Trinajstić information content (AvgIpc) is 2.62. The van der Waals surface area contributed by atoms with E-state index in [-0.39, 0.29) is 24.3 Å². The van der Waals surface area contributed by atoms with Gasteiger partial charge < -0.3 is 26.0 Å². The molecule has 0 atom stereocenters. The van der Waals surface area contributed by atoms with Gasteiger partial charge in [0.1, 0.15) is 0 Å². The van der Waals surface area contributed by atoms with Gasteiger partial charge in [-0.25, -0.2) is 4.79 Å². The minimum absolute atomic E-state index is 0. The molecule has 1 aliphatic heterocycles. The second-order valence-electron chi connectivity index (χ2n) is 6.12. The molecular formula is C18H27ClN4O3. The Hall–Kier alpha value is -2.09. The number of rotatable bonds is 7. The first kappa shape index (κ1) is 22.0. The Kier molecular flexibility index (Phi) is 9.12. The Balaban J connectivity index is 0.00000338. The van der Waals surface area contributed by atoms with E-state index in [9.17, 15) is 9.59 Å². The van der Waals surface area contributed by atoms with Gasteiger partial charge in [0.25, 0.3) is 0 Å². The zero-order chi connectivity index (χ0) is 18.1. The van der Waals surface area contributed by atoms with Crippen molar-refractivity contribution in [2.75, 3.05) is 44.0 Å². The molecule has 3 amide bonds. The van der Waals surface area contributed by atoms with Gasteiger partial charge in [-0.1, -0.05) is 6.08 Å². The normalized spacial score (nSPS) is 15.3. The Morgan fingerprint density at radius 1 is 1.19 bits per heavy atom. The van der Waals surface area contributed by atoms with Crippen molar-refractivity contribution in [2.24, 2.45) is 5.41 Å². The molecule has 0 aliphatic carbocycles. The minimum Gasteiger partial charge on any atom is -0.384 e. The molecule has 0 bridgehead atoms. The van der Waals surface area contributed by atoms with Crippen LogP contribution < -0.4 is 21.3 Å². The number of urea groups is 1. The quantitative estimate of drug-likeness (QED) is 0.545. The van der Waals surface area contributed by atoms with E-state index < -0.39 is 5.41 Å². The van der Waals surface area contributed by atoms with Crippen LogP contribution in [0.15, 0.2) is 36.9 Å². The Labute approximate surface area is 160 Å². The summed E-state index contributed by atoms with van der Waals surface area (Å²) >= 11 is 0. The number of halogens is 1. The van der Waals surface area contributed by atoms with Gasteiger partial charge in [-0.05, 0) is 50.2 Å². The summed E-state index contributed by atoms with van der Waals surface area (Å²) in [5, 5.41) is 11.6. The van der Waals surface area contributed by atoms with Gasteiger partial charge >= 0.3 is 6.03 Å². The second kappa shape index (κ2) is 10.8. The summed E-state index contributed by atoms with van der Waals surface area (Å²) in [5.74, 6) is -0.0275. The van der Waals surface area contributed by atoms with Crippen LogP contribution in [-0.2, 0) is 9.53 Å². The van der Waals surface area contributed by atoms with E-state index in [1.165, 1.54) is 0 Å². The third kappa shape index (κ3) is 6.01. The summed E-state index contributed by atoms with van der Waals surface area (Å²) in [7, 11) is 1.62. The van der Waals surface area contributed by atoms with Crippen molar-refractivity contribution >= 4 is 35.7 Å². The van der Waals surface area contributed by atoms with E-state index in [0.717, 1.165) is 25.9 Å². The summed E-state index contributed by atoms with van der Waals surface area (Å²) in [6.07, 6.45) is 3.10. The number of piperidine rings is 1. The fourth-order valence-electron chi connectivity index (χ4n) is 2.86. The summed E-state index contributed by atoms with van der Waals surface area (Å²) in [5.41, 5.74) is 0.839. The zero-order valence-corrected chi connectivity index (χ0v) is 15.8. The molecule has 8 heteroatoms. The lowest BCUT2D eigenvalue weighted by molar-refractivity contribution is -0.130. The van der Waals surface area contributed by atoms with E-state index in [2.05, 4.69) is 27.8 Å². The predicted molar refractivity (Wildman–Crippen MR) is 106 cm³/mol. The van der Waals surface area contributed by atoms with Crippen molar-refractivity contribution in [2.45, 2.75) is 12.8 Å². The van der Waals surface area contributed by atoms with Gasteiger partial charge in [-0.2, -0.15) is 0 Å². The molecule has 0 spiro atoms. The maximum absolute atomic E-state index is 12.8. The number of hydrogen-bond donors (Lipinski definition) is 4. The van der Waals surface area contributed by atoms with Gasteiger partial charge in [0.2, 0.25) is 5.91 Å². The number of nitrogens with one attached hydrogen (secondary N) is 4. The highest BCUT2D eigenvalue weighted by Gasteiger charge is 2.39. The van der Waals surface area contributed by atoms with Crippen LogP contribution in [0.5, 0.6) is 0 Å². The summed E-state index contributed by atoms with van der Waals surface area (Å²) in [4.78, 5) is 24.3. The molecule has 7 nitrogen and oxygen atoms in total. The monoisotopic (exact) mass is 382 g/mol. The highest BCUT2D eigenvalue weighted by molar-refractivity contribution is 5.96. The minimum atomic E-state index is -0.499. The molecule has 4 N–H and O–H groups in total. The van der Waals surface area contributed by atoms with Crippen molar-refractivity contribution in [1.82, 2.24) is 10.6 Å².